The van der Waals surface area contributed by atoms with Crippen molar-refractivity contribution < 1.29 is 15.0 Å². The predicted molar refractivity (Wildman–Crippen MR) is 55.0 cm³/mol. The van der Waals surface area contributed by atoms with E-state index in [4.69, 9.17) is 10.8 Å². The van der Waals surface area contributed by atoms with Crippen LogP contribution in [0.25, 0.3) is 0 Å². The van der Waals surface area contributed by atoms with E-state index in [0.29, 0.717) is 4.47 Å². The third kappa shape index (κ3) is 1.73. The van der Waals surface area contributed by atoms with Crippen LogP contribution >= 0.6 is 15.9 Å². The van der Waals surface area contributed by atoms with Gasteiger partial charge >= 0.3 is 5.97 Å². The van der Waals surface area contributed by atoms with E-state index < -0.39 is 11.5 Å². The van der Waals surface area contributed by atoms with E-state index in [-0.39, 0.29) is 11.3 Å². The average molecular weight is 260 g/mol. The Bertz CT molecular complexity index is 376. The Balaban J connectivity index is 3.33. The summed E-state index contributed by atoms with van der Waals surface area (Å²) >= 11 is 3.09. The van der Waals surface area contributed by atoms with Gasteiger partial charge in [0.2, 0.25) is 0 Å². The van der Waals surface area contributed by atoms with Crippen LogP contribution in [-0.4, -0.2) is 16.2 Å². The van der Waals surface area contributed by atoms with Crippen LogP contribution in [0.1, 0.15) is 12.5 Å². The SMILES string of the molecule is CC(N)(C(=O)O)c1cccc(Br)c1O. The number of phenols is 1. The van der Waals surface area contributed by atoms with Crippen LogP contribution in [0, 0.1) is 0 Å². The molecule has 0 saturated heterocycles. The molecule has 4 nitrogen and oxygen atoms in total. The number of para-hydroxylation sites is 1. The first kappa shape index (κ1) is 11.0. The molecule has 1 aromatic rings. The molecule has 0 radical (unpaired) electrons. The van der Waals surface area contributed by atoms with Gasteiger partial charge in [0.1, 0.15) is 11.3 Å². The fraction of sp³-hybridized carbons (Fsp3) is 0.222. The van der Waals surface area contributed by atoms with Gasteiger partial charge in [0.15, 0.2) is 0 Å². The van der Waals surface area contributed by atoms with E-state index >= 15 is 0 Å². The molecule has 1 aromatic carbocycles. The summed E-state index contributed by atoms with van der Waals surface area (Å²) < 4.78 is 0.424. The number of carboxylic acid groups (broad SMARTS) is 1. The summed E-state index contributed by atoms with van der Waals surface area (Å²) in [6, 6.07) is 4.71. The molecule has 1 unspecified atom stereocenters. The highest BCUT2D eigenvalue weighted by Crippen LogP contribution is 2.33. The molecule has 5 heteroatoms. The van der Waals surface area contributed by atoms with Gasteiger partial charge in [-0.15, -0.1) is 0 Å². The molecular formula is C9H10BrNO3. The van der Waals surface area contributed by atoms with Gasteiger partial charge in [0.05, 0.1) is 4.47 Å². The number of aromatic hydroxyl groups is 1. The van der Waals surface area contributed by atoms with Crippen molar-refractivity contribution in [3.63, 3.8) is 0 Å². The summed E-state index contributed by atoms with van der Waals surface area (Å²) in [5.74, 6) is -1.33. The van der Waals surface area contributed by atoms with Crippen LogP contribution < -0.4 is 5.73 Å². The highest BCUT2D eigenvalue weighted by atomic mass is 79.9. The molecule has 0 aliphatic heterocycles. The number of hydrogen-bond donors (Lipinski definition) is 3. The van der Waals surface area contributed by atoms with Gasteiger partial charge in [-0.05, 0) is 28.9 Å². The van der Waals surface area contributed by atoms with Crippen LogP contribution in [0.15, 0.2) is 22.7 Å². The summed E-state index contributed by atoms with van der Waals surface area (Å²) in [5.41, 5.74) is 4.16. The van der Waals surface area contributed by atoms with Gasteiger partial charge in [-0.3, -0.25) is 0 Å². The molecule has 0 bridgehead atoms. The normalized spacial score (nSPS) is 14.8. The summed E-state index contributed by atoms with van der Waals surface area (Å²) in [6.07, 6.45) is 0. The fourth-order valence-electron chi connectivity index (χ4n) is 1.05. The Morgan fingerprint density at radius 1 is 1.57 bits per heavy atom. The van der Waals surface area contributed by atoms with Crippen molar-refractivity contribution in [1.82, 2.24) is 0 Å². The molecule has 0 saturated carbocycles. The lowest BCUT2D eigenvalue weighted by Crippen LogP contribution is -2.41. The molecule has 0 heterocycles. The van der Waals surface area contributed by atoms with Gasteiger partial charge in [-0.25, -0.2) is 4.79 Å². The summed E-state index contributed by atoms with van der Waals surface area (Å²) in [5, 5.41) is 18.5. The number of hydrogen-bond acceptors (Lipinski definition) is 3. The number of phenolic OH excluding ortho intramolecular Hbond substituents is 1. The molecular weight excluding hydrogens is 250 g/mol. The van der Waals surface area contributed by atoms with Gasteiger partial charge < -0.3 is 15.9 Å². The highest BCUT2D eigenvalue weighted by Gasteiger charge is 2.33. The highest BCUT2D eigenvalue weighted by molar-refractivity contribution is 9.10. The minimum Gasteiger partial charge on any atom is -0.506 e. The molecule has 4 N–H and O–H groups in total. The standard InChI is InChI=1S/C9H10BrNO3/c1-9(11,8(13)14)5-3-2-4-6(10)7(5)12/h2-4,12H,11H2,1H3,(H,13,14). The topological polar surface area (TPSA) is 83.6 Å². The van der Waals surface area contributed by atoms with E-state index in [2.05, 4.69) is 15.9 Å². The third-order valence-electron chi connectivity index (χ3n) is 1.99. The molecule has 76 valence electrons. The lowest BCUT2D eigenvalue weighted by atomic mass is 9.93. The Hall–Kier alpha value is -1.07. The van der Waals surface area contributed by atoms with E-state index in [1.54, 1.807) is 12.1 Å². The first-order valence-electron chi connectivity index (χ1n) is 3.87. The first-order chi connectivity index (χ1) is 6.37. The zero-order valence-corrected chi connectivity index (χ0v) is 9.08. The Morgan fingerprint density at radius 2 is 2.14 bits per heavy atom. The van der Waals surface area contributed by atoms with Crippen molar-refractivity contribution in [2.45, 2.75) is 12.5 Å². The molecule has 14 heavy (non-hydrogen) atoms. The monoisotopic (exact) mass is 259 g/mol. The van der Waals surface area contributed by atoms with Crippen molar-refractivity contribution in [1.29, 1.82) is 0 Å². The molecule has 0 spiro atoms. The average Bonchev–Trinajstić information content (AvgIpc) is 2.09. The minimum absolute atomic E-state index is 0.139. The Labute approximate surface area is 89.5 Å². The van der Waals surface area contributed by atoms with Crippen molar-refractivity contribution in [2.75, 3.05) is 0 Å². The zero-order valence-electron chi connectivity index (χ0n) is 7.49. The van der Waals surface area contributed by atoms with E-state index in [9.17, 15) is 9.90 Å². The van der Waals surface area contributed by atoms with Crippen molar-refractivity contribution in [2.24, 2.45) is 5.73 Å². The van der Waals surface area contributed by atoms with Crippen molar-refractivity contribution in [3.8, 4) is 5.75 Å². The van der Waals surface area contributed by atoms with Gasteiger partial charge in [0.25, 0.3) is 0 Å². The predicted octanol–water partition coefficient (Wildman–Crippen LogP) is 1.41. The summed E-state index contributed by atoms with van der Waals surface area (Å²) in [7, 11) is 0. The van der Waals surface area contributed by atoms with E-state index in [1.807, 2.05) is 0 Å². The quantitative estimate of drug-likeness (QED) is 0.750. The summed E-state index contributed by atoms with van der Waals surface area (Å²) in [4.78, 5) is 10.8. The Morgan fingerprint density at radius 3 is 2.64 bits per heavy atom. The molecule has 0 aromatic heterocycles. The number of carbonyl (C=O) groups is 1. The smallest absolute Gasteiger partial charge is 0.328 e. The second-order valence-electron chi connectivity index (χ2n) is 3.14. The molecule has 1 rings (SSSR count). The van der Waals surface area contributed by atoms with Gasteiger partial charge in [-0.2, -0.15) is 0 Å². The molecule has 1 atom stereocenters. The molecule has 0 aliphatic rings. The molecule has 0 amide bonds. The Kier molecular flexibility index (Phi) is 2.82. The van der Waals surface area contributed by atoms with Crippen molar-refractivity contribution >= 4 is 21.9 Å². The van der Waals surface area contributed by atoms with Crippen LogP contribution in [0.2, 0.25) is 0 Å². The number of nitrogens with two attached hydrogens (primary N) is 1. The van der Waals surface area contributed by atoms with Crippen LogP contribution in [0.4, 0.5) is 0 Å². The van der Waals surface area contributed by atoms with Crippen LogP contribution in [-0.2, 0) is 10.3 Å². The summed E-state index contributed by atoms with van der Waals surface area (Å²) in [6.45, 7) is 1.33. The second-order valence-corrected chi connectivity index (χ2v) is 4.00. The lowest BCUT2D eigenvalue weighted by molar-refractivity contribution is -0.143. The van der Waals surface area contributed by atoms with E-state index in [0.717, 1.165) is 0 Å². The third-order valence-corrected chi connectivity index (χ3v) is 2.63. The van der Waals surface area contributed by atoms with Gasteiger partial charge in [-0.1, -0.05) is 12.1 Å². The largest absolute Gasteiger partial charge is 0.506 e. The van der Waals surface area contributed by atoms with Crippen molar-refractivity contribution in [3.05, 3.63) is 28.2 Å². The zero-order chi connectivity index (χ0) is 10.9. The number of halogens is 1. The maximum Gasteiger partial charge on any atom is 0.328 e. The second kappa shape index (κ2) is 3.59. The molecule has 0 fully saturated rings. The molecule has 0 aliphatic carbocycles. The number of aliphatic carboxylic acids is 1. The maximum atomic E-state index is 10.8. The minimum atomic E-state index is -1.59. The maximum absolute atomic E-state index is 10.8. The number of benzene rings is 1. The van der Waals surface area contributed by atoms with Crippen LogP contribution in [0.3, 0.4) is 0 Å². The van der Waals surface area contributed by atoms with Gasteiger partial charge in [0, 0.05) is 5.56 Å². The lowest BCUT2D eigenvalue weighted by Gasteiger charge is -2.21. The number of carboxylic acids is 1. The first-order valence-corrected chi connectivity index (χ1v) is 4.67. The van der Waals surface area contributed by atoms with E-state index in [1.165, 1.54) is 13.0 Å². The number of rotatable bonds is 2. The fourth-order valence-corrected chi connectivity index (χ4v) is 1.42. The van der Waals surface area contributed by atoms with Crippen LogP contribution in [0.5, 0.6) is 5.75 Å².